The lowest BCUT2D eigenvalue weighted by atomic mass is 10.1. The number of hydrogen-bond donors (Lipinski definition) is 0. The fraction of sp³-hybridized carbons (Fsp3) is 0.286. The summed E-state index contributed by atoms with van der Waals surface area (Å²) < 4.78 is 32.5. The Morgan fingerprint density at radius 1 is 1.15 bits per heavy atom. The molecule has 27 heavy (non-hydrogen) atoms. The van der Waals surface area contributed by atoms with Crippen LogP contribution in [0, 0.1) is 12.8 Å². The molecule has 0 N–H and O–H groups in total. The first-order valence-electron chi connectivity index (χ1n) is 9.01. The van der Waals surface area contributed by atoms with Crippen LogP contribution >= 0.6 is 0 Å². The van der Waals surface area contributed by atoms with Gasteiger partial charge in [-0.05, 0) is 56.0 Å². The van der Waals surface area contributed by atoms with E-state index in [1.165, 1.54) is 3.97 Å². The van der Waals surface area contributed by atoms with Gasteiger partial charge in [-0.3, -0.25) is 4.79 Å². The number of nitrogens with zero attached hydrogens (tertiary/aromatic N) is 1. The molecule has 2 atom stereocenters. The second kappa shape index (κ2) is 6.53. The second-order valence-electron chi connectivity index (χ2n) is 6.95. The van der Waals surface area contributed by atoms with Crippen molar-refractivity contribution in [2.75, 3.05) is 6.61 Å². The van der Waals surface area contributed by atoms with Crippen LogP contribution in [-0.2, 0) is 19.6 Å². The van der Waals surface area contributed by atoms with E-state index in [-0.39, 0.29) is 22.7 Å². The van der Waals surface area contributed by atoms with Crippen molar-refractivity contribution in [1.29, 1.82) is 0 Å². The highest BCUT2D eigenvalue weighted by Gasteiger charge is 2.45. The van der Waals surface area contributed by atoms with E-state index in [9.17, 15) is 13.2 Å². The Bertz CT molecular complexity index is 1110. The van der Waals surface area contributed by atoms with E-state index >= 15 is 0 Å². The van der Waals surface area contributed by atoms with Gasteiger partial charge in [-0.25, -0.2) is 12.4 Å². The van der Waals surface area contributed by atoms with Gasteiger partial charge in [0, 0.05) is 11.6 Å². The van der Waals surface area contributed by atoms with Gasteiger partial charge in [-0.1, -0.05) is 29.8 Å². The summed E-state index contributed by atoms with van der Waals surface area (Å²) in [7, 11) is -3.67. The van der Waals surface area contributed by atoms with Crippen LogP contribution in [0.2, 0.25) is 0 Å². The average molecular weight is 383 g/mol. The van der Waals surface area contributed by atoms with Crippen molar-refractivity contribution in [2.45, 2.75) is 31.1 Å². The van der Waals surface area contributed by atoms with Gasteiger partial charge in [0.15, 0.2) is 0 Å². The van der Waals surface area contributed by atoms with Crippen LogP contribution in [0.25, 0.3) is 10.9 Å². The Balaban J connectivity index is 1.71. The Kier molecular flexibility index (Phi) is 4.30. The summed E-state index contributed by atoms with van der Waals surface area (Å²) in [4.78, 5) is 12.2. The van der Waals surface area contributed by atoms with Gasteiger partial charge < -0.3 is 4.74 Å². The number of rotatable bonds is 5. The van der Waals surface area contributed by atoms with E-state index in [4.69, 9.17) is 4.74 Å². The van der Waals surface area contributed by atoms with Gasteiger partial charge in [0.05, 0.1) is 22.9 Å². The maximum absolute atomic E-state index is 13.1. The molecule has 1 aliphatic carbocycles. The number of aryl methyl sites for hydroxylation is 1. The van der Waals surface area contributed by atoms with Crippen molar-refractivity contribution in [2.24, 2.45) is 5.92 Å². The van der Waals surface area contributed by atoms with E-state index in [1.807, 2.05) is 25.1 Å². The minimum atomic E-state index is -3.67. The Morgan fingerprint density at radius 2 is 1.89 bits per heavy atom. The molecule has 1 heterocycles. The first kappa shape index (κ1) is 17.8. The SMILES string of the molecule is CCOC(=O)C1CC1c1ccc2ccn(S(=O)(=O)c3ccc(C)cc3)c2c1. The van der Waals surface area contributed by atoms with Gasteiger partial charge in [0.1, 0.15) is 0 Å². The summed E-state index contributed by atoms with van der Waals surface area (Å²) in [6, 6.07) is 14.4. The molecule has 3 aromatic rings. The number of benzene rings is 2. The largest absolute Gasteiger partial charge is 0.466 e. The molecule has 0 aliphatic heterocycles. The molecular weight excluding hydrogens is 362 g/mol. The molecule has 0 bridgehead atoms. The van der Waals surface area contributed by atoms with Crippen LogP contribution in [0.4, 0.5) is 0 Å². The summed E-state index contributed by atoms with van der Waals surface area (Å²) in [5, 5.41) is 0.850. The molecule has 1 fully saturated rings. The number of hydrogen-bond acceptors (Lipinski definition) is 4. The van der Waals surface area contributed by atoms with Crippen molar-refractivity contribution < 1.29 is 17.9 Å². The normalized spacial score (nSPS) is 19.2. The summed E-state index contributed by atoms with van der Waals surface area (Å²) in [6.07, 6.45) is 2.33. The molecule has 6 heteroatoms. The highest BCUT2D eigenvalue weighted by atomic mass is 32.2. The zero-order valence-electron chi connectivity index (χ0n) is 15.3. The minimum Gasteiger partial charge on any atom is -0.466 e. The molecule has 0 radical (unpaired) electrons. The van der Waals surface area contributed by atoms with E-state index in [1.54, 1.807) is 43.5 Å². The van der Waals surface area contributed by atoms with Gasteiger partial charge >= 0.3 is 5.97 Å². The van der Waals surface area contributed by atoms with Crippen molar-refractivity contribution in [3.8, 4) is 0 Å². The fourth-order valence-electron chi connectivity index (χ4n) is 3.46. The van der Waals surface area contributed by atoms with Crippen molar-refractivity contribution in [3.63, 3.8) is 0 Å². The fourth-order valence-corrected chi connectivity index (χ4v) is 4.80. The van der Waals surface area contributed by atoms with Gasteiger partial charge in [-0.2, -0.15) is 0 Å². The van der Waals surface area contributed by atoms with Crippen LogP contribution in [0.1, 0.15) is 30.4 Å². The third-order valence-electron chi connectivity index (χ3n) is 5.07. The predicted octanol–water partition coefficient (Wildman–Crippen LogP) is 3.85. The van der Waals surface area contributed by atoms with E-state index in [2.05, 4.69) is 0 Å². The Hall–Kier alpha value is -2.60. The van der Waals surface area contributed by atoms with E-state index in [0.29, 0.717) is 12.1 Å². The maximum Gasteiger partial charge on any atom is 0.309 e. The summed E-state index contributed by atoms with van der Waals surface area (Å²) in [5.74, 6) is -0.205. The molecule has 1 aliphatic rings. The number of aromatic nitrogens is 1. The van der Waals surface area contributed by atoms with Gasteiger partial charge in [0.25, 0.3) is 10.0 Å². The highest BCUT2D eigenvalue weighted by molar-refractivity contribution is 7.90. The molecule has 140 valence electrons. The number of ether oxygens (including phenoxy) is 1. The van der Waals surface area contributed by atoms with E-state index < -0.39 is 10.0 Å². The molecular formula is C21H21NO4S. The number of esters is 1. The molecule has 1 saturated carbocycles. The first-order valence-corrected chi connectivity index (χ1v) is 10.5. The Morgan fingerprint density at radius 3 is 2.59 bits per heavy atom. The average Bonchev–Trinajstić information content (AvgIpc) is 3.33. The van der Waals surface area contributed by atoms with Gasteiger partial charge in [-0.15, -0.1) is 0 Å². The molecule has 2 aromatic carbocycles. The molecule has 1 aromatic heterocycles. The van der Waals surface area contributed by atoms with Crippen molar-refractivity contribution in [1.82, 2.24) is 3.97 Å². The van der Waals surface area contributed by atoms with Crippen LogP contribution in [0.5, 0.6) is 0 Å². The van der Waals surface area contributed by atoms with Gasteiger partial charge in [0.2, 0.25) is 0 Å². The highest BCUT2D eigenvalue weighted by Crippen LogP contribution is 2.48. The van der Waals surface area contributed by atoms with Crippen LogP contribution in [0.3, 0.4) is 0 Å². The number of carbonyl (C=O) groups excluding carboxylic acids is 1. The zero-order valence-corrected chi connectivity index (χ0v) is 16.1. The zero-order chi connectivity index (χ0) is 19.2. The van der Waals surface area contributed by atoms with Crippen LogP contribution in [-0.4, -0.2) is 25.0 Å². The Labute approximate surface area is 158 Å². The molecule has 2 unspecified atom stereocenters. The summed E-state index contributed by atoms with van der Waals surface area (Å²) >= 11 is 0. The topological polar surface area (TPSA) is 65.4 Å². The lowest BCUT2D eigenvalue weighted by Gasteiger charge is -2.09. The third-order valence-corrected chi connectivity index (χ3v) is 6.77. The quantitative estimate of drug-likeness (QED) is 0.628. The number of carbonyl (C=O) groups is 1. The minimum absolute atomic E-state index is 0.0962. The van der Waals surface area contributed by atoms with Crippen LogP contribution < -0.4 is 0 Å². The summed E-state index contributed by atoms with van der Waals surface area (Å²) in [5.41, 5.74) is 2.61. The standard InChI is InChI=1S/C21H21NO4S/c1-3-26-21(23)19-13-18(19)16-7-6-15-10-11-22(20(15)12-16)27(24,25)17-8-4-14(2)5-9-17/h4-12,18-19H,3,13H2,1-2H3. The molecule has 0 amide bonds. The second-order valence-corrected chi connectivity index (χ2v) is 8.76. The molecule has 0 saturated heterocycles. The summed E-state index contributed by atoms with van der Waals surface area (Å²) in [6.45, 7) is 4.09. The first-order chi connectivity index (χ1) is 12.9. The maximum atomic E-state index is 13.1. The van der Waals surface area contributed by atoms with Crippen LogP contribution in [0.15, 0.2) is 59.6 Å². The monoisotopic (exact) mass is 383 g/mol. The third kappa shape index (κ3) is 3.14. The van der Waals surface area contributed by atoms with E-state index in [0.717, 1.165) is 22.9 Å². The van der Waals surface area contributed by atoms with Crippen molar-refractivity contribution >= 4 is 26.9 Å². The predicted molar refractivity (Wildman–Crippen MR) is 103 cm³/mol. The smallest absolute Gasteiger partial charge is 0.309 e. The lowest BCUT2D eigenvalue weighted by molar-refractivity contribution is -0.144. The molecule has 5 nitrogen and oxygen atoms in total. The number of fused-ring (bicyclic) bond motifs is 1. The lowest BCUT2D eigenvalue weighted by Crippen LogP contribution is -2.12. The molecule has 0 spiro atoms. The van der Waals surface area contributed by atoms with Crippen molar-refractivity contribution in [3.05, 3.63) is 65.9 Å². The molecule has 4 rings (SSSR count).